The highest BCUT2D eigenvalue weighted by Gasteiger charge is 2.14. The molecule has 0 saturated heterocycles. The molecule has 222 valence electrons. The van der Waals surface area contributed by atoms with Crippen molar-refractivity contribution in [1.29, 1.82) is 0 Å². The summed E-state index contributed by atoms with van der Waals surface area (Å²) in [5.41, 5.74) is 7.92. The van der Waals surface area contributed by atoms with Crippen LogP contribution in [0, 0.1) is 6.92 Å². The van der Waals surface area contributed by atoms with Crippen molar-refractivity contribution in [3.63, 3.8) is 0 Å². The second kappa shape index (κ2) is 14.3. The van der Waals surface area contributed by atoms with E-state index in [4.69, 9.17) is 21.1 Å². The van der Waals surface area contributed by atoms with Gasteiger partial charge in [0.15, 0.2) is 23.2 Å². The number of anilines is 3. The van der Waals surface area contributed by atoms with Gasteiger partial charge in [0.2, 0.25) is 0 Å². The van der Waals surface area contributed by atoms with Gasteiger partial charge in [0.25, 0.3) is 11.8 Å². The third-order valence-corrected chi connectivity index (χ3v) is 7.32. The summed E-state index contributed by atoms with van der Waals surface area (Å²) in [5.74, 6) is -0.189. The van der Waals surface area contributed by atoms with E-state index in [1.165, 1.54) is 24.7 Å². The van der Waals surface area contributed by atoms with Crippen molar-refractivity contribution in [2.75, 3.05) is 24.4 Å². The van der Waals surface area contributed by atoms with Gasteiger partial charge >= 0.3 is 0 Å². The Kier molecular flexibility index (Phi) is 9.85. The Morgan fingerprint density at radius 1 is 0.977 bits per heavy atom. The molecule has 0 unspecified atom stereocenters. The van der Waals surface area contributed by atoms with Crippen molar-refractivity contribution >= 4 is 57.5 Å². The van der Waals surface area contributed by atoms with Gasteiger partial charge in [0.05, 0.1) is 24.0 Å². The molecule has 1 heterocycles. The number of thiazole rings is 1. The average Bonchev–Trinajstić information content (AvgIpc) is 3.50. The van der Waals surface area contributed by atoms with Crippen LogP contribution >= 0.6 is 22.9 Å². The first-order valence-corrected chi connectivity index (χ1v) is 14.7. The summed E-state index contributed by atoms with van der Waals surface area (Å²) < 4.78 is 11.1. The molecule has 0 spiro atoms. The summed E-state index contributed by atoms with van der Waals surface area (Å²) in [6.07, 6.45) is 1.44. The standard InChI is InChI=1S/C33H28ClN5O4S/c1-21-8-14-26(15-9-21)36-30(40)19-43-31-27(34)16-22(17-29(31)42-2)18-35-39-32(41)24-12-10-23(11-13-24)28-20-44-33(38-28)37-25-6-4-3-5-7-25/h3-18,20H,19H2,1-2H3,(H,36,40)(H,37,38)(H,39,41)/b35-18+. The fourth-order valence-corrected chi connectivity index (χ4v) is 5.07. The number of hydrogen-bond acceptors (Lipinski definition) is 8. The van der Waals surface area contributed by atoms with Gasteiger partial charge < -0.3 is 20.1 Å². The van der Waals surface area contributed by atoms with Gasteiger partial charge in [-0.15, -0.1) is 11.3 Å². The Morgan fingerprint density at radius 3 is 2.45 bits per heavy atom. The van der Waals surface area contributed by atoms with Gasteiger partial charge in [-0.25, -0.2) is 10.4 Å². The van der Waals surface area contributed by atoms with E-state index >= 15 is 0 Å². The van der Waals surface area contributed by atoms with Crippen molar-refractivity contribution in [3.05, 3.63) is 118 Å². The van der Waals surface area contributed by atoms with Crippen molar-refractivity contribution < 1.29 is 19.1 Å². The van der Waals surface area contributed by atoms with Gasteiger partial charge in [-0.05, 0) is 61.0 Å². The Morgan fingerprint density at radius 2 is 1.73 bits per heavy atom. The molecule has 1 aromatic heterocycles. The first-order valence-electron chi connectivity index (χ1n) is 13.5. The number of amides is 2. The Hall–Kier alpha value is -5.19. The van der Waals surface area contributed by atoms with Crippen molar-refractivity contribution in [1.82, 2.24) is 10.4 Å². The molecule has 0 fully saturated rings. The van der Waals surface area contributed by atoms with E-state index in [0.717, 1.165) is 27.6 Å². The summed E-state index contributed by atoms with van der Waals surface area (Å²) in [6.45, 7) is 1.70. The maximum Gasteiger partial charge on any atom is 0.271 e. The van der Waals surface area contributed by atoms with Gasteiger partial charge in [0, 0.05) is 27.9 Å². The predicted molar refractivity (Wildman–Crippen MR) is 176 cm³/mol. The number of methoxy groups -OCH3 is 1. The highest BCUT2D eigenvalue weighted by atomic mass is 35.5. The molecule has 9 nitrogen and oxygen atoms in total. The van der Waals surface area contributed by atoms with Gasteiger partial charge in [-0.2, -0.15) is 5.10 Å². The number of hydrogen-bond donors (Lipinski definition) is 3. The molecule has 0 radical (unpaired) electrons. The number of aryl methyl sites for hydroxylation is 1. The molecule has 11 heteroatoms. The third kappa shape index (κ3) is 8.00. The number of carbonyl (C=O) groups is 2. The highest BCUT2D eigenvalue weighted by Crippen LogP contribution is 2.36. The molecule has 4 aromatic carbocycles. The fraction of sp³-hybridized carbons (Fsp3) is 0.0909. The number of ether oxygens (including phenoxy) is 2. The average molecular weight is 626 g/mol. The van der Waals surface area contributed by atoms with E-state index < -0.39 is 0 Å². The lowest BCUT2D eigenvalue weighted by Gasteiger charge is -2.13. The van der Waals surface area contributed by atoms with Crippen LogP contribution in [0.2, 0.25) is 5.02 Å². The Labute approximate surface area is 263 Å². The van der Waals surface area contributed by atoms with Crippen LogP contribution in [0.4, 0.5) is 16.5 Å². The van der Waals surface area contributed by atoms with Crippen LogP contribution in [0.1, 0.15) is 21.5 Å². The maximum absolute atomic E-state index is 12.7. The molecule has 44 heavy (non-hydrogen) atoms. The smallest absolute Gasteiger partial charge is 0.271 e. The minimum absolute atomic E-state index is 0.220. The van der Waals surface area contributed by atoms with E-state index in [2.05, 4.69) is 26.1 Å². The quantitative estimate of drug-likeness (QED) is 0.105. The second-order valence-corrected chi connectivity index (χ2v) is 10.8. The fourth-order valence-electron chi connectivity index (χ4n) is 4.06. The zero-order chi connectivity index (χ0) is 30.9. The van der Waals surface area contributed by atoms with Crippen molar-refractivity contribution in [2.24, 2.45) is 5.10 Å². The topological polar surface area (TPSA) is 114 Å². The van der Waals surface area contributed by atoms with E-state index in [0.29, 0.717) is 22.6 Å². The third-order valence-electron chi connectivity index (χ3n) is 6.29. The minimum Gasteiger partial charge on any atom is -0.493 e. The summed E-state index contributed by atoms with van der Waals surface area (Å²) in [7, 11) is 1.46. The lowest BCUT2D eigenvalue weighted by atomic mass is 10.1. The number of halogens is 1. The van der Waals surface area contributed by atoms with E-state index in [9.17, 15) is 9.59 Å². The van der Waals surface area contributed by atoms with Gasteiger partial charge in [-0.3, -0.25) is 9.59 Å². The largest absolute Gasteiger partial charge is 0.493 e. The molecule has 0 aliphatic carbocycles. The summed E-state index contributed by atoms with van der Waals surface area (Å²) in [6, 6.07) is 27.6. The molecule has 0 bridgehead atoms. The van der Waals surface area contributed by atoms with Crippen LogP contribution in [-0.4, -0.2) is 36.7 Å². The normalized spacial score (nSPS) is 10.8. The molecule has 5 rings (SSSR count). The monoisotopic (exact) mass is 625 g/mol. The van der Waals surface area contributed by atoms with Crippen molar-refractivity contribution in [2.45, 2.75) is 6.92 Å². The predicted octanol–water partition coefficient (Wildman–Crippen LogP) is 7.31. The highest BCUT2D eigenvalue weighted by molar-refractivity contribution is 7.14. The van der Waals surface area contributed by atoms with Crippen LogP contribution in [0.25, 0.3) is 11.3 Å². The van der Waals surface area contributed by atoms with Gasteiger partial charge in [-0.1, -0.05) is 59.6 Å². The Bertz CT molecular complexity index is 1770. The lowest BCUT2D eigenvalue weighted by molar-refractivity contribution is -0.118. The number of aromatic nitrogens is 1. The number of para-hydroxylation sites is 1. The molecule has 0 saturated carbocycles. The molecule has 3 N–H and O–H groups in total. The molecule has 0 aliphatic rings. The minimum atomic E-state index is -0.380. The van der Waals surface area contributed by atoms with Crippen LogP contribution < -0.4 is 25.5 Å². The Balaban J connectivity index is 1.15. The van der Waals surface area contributed by atoms with Gasteiger partial charge in [0.1, 0.15) is 0 Å². The van der Waals surface area contributed by atoms with Crippen LogP contribution in [0.5, 0.6) is 11.5 Å². The first-order chi connectivity index (χ1) is 21.4. The maximum atomic E-state index is 12.7. The number of hydrazone groups is 1. The number of benzene rings is 4. The van der Waals surface area contributed by atoms with Crippen molar-refractivity contribution in [3.8, 4) is 22.8 Å². The second-order valence-electron chi connectivity index (χ2n) is 9.54. The number of nitrogens with zero attached hydrogens (tertiary/aromatic N) is 2. The SMILES string of the molecule is COc1cc(/C=N/NC(=O)c2ccc(-c3csc(Nc4ccccc4)n3)cc2)cc(Cl)c1OCC(=O)Nc1ccc(C)cc1. The number of nitrogens with one attached hydrogen (secondary N) is 3. The van der Waals surface area contributed by atoms with Crippen LogP contribution in [-0.2, 0) is 4.79 Å². The molecule has 0 aliphatic heterocycles. The zero-order valence-corrected chi connectivity index (χ0v) is 25.4. The molecule has 5 aromatic rings. The summed E-state index contributed by atoms with van der Waals surface area (Å²) >= 11 is 7.93. The molecular weight excluding hydrogens is 598 g/mol. The summed E-state index contributed by atoms with van der Waals surface area (Å²) in [5, 5.41) is 13.1. The van der Waals surface area contributed by atoms with Crippen LogP contribution in [0.15, 0.2) is 101 Å². The lowest BCUT2D eigenvalue weighted by Crippen LogP contribution is -2.20. The number of rotatable bonds is 11. The zero-order valence-electron chi connectivity index (χ0n) is 23.8. The van der Waals surface area contributed by atoms with E-state index in [1.54, 1.807) is 24.3 Å². The summed E-state index contributed by atoms with van der Waals surface area (Å²) in [4.78, 5) is 29.6. The molecule has 0 atom stereocenters. The van der Waals surface area contributed by atoms with Crippen LogP contribution in [0.3, 0.4) is 0 Å². The first kappa shape index (κ1) is 30.3. The molecule has 2 amide bonds. The van der Waals surface area contributed by atoms with E-state index in [1.807, 2.05) is 79.0 Å². The number of carbonyl (C=O) groups excluding carboxylic acids is 2. The van der Waals surface area contributed by atoms with E-state index in [-0.39, 0.29) is 29.2 Å². The molecular formula is C33H28ClN5O4S.